The van der Waals surface area contributed by atoms with Gasteiger partial charge >= 0.3 is 0 Å². The highest BCUT2D eigenvalue weighted by atomic mass is 16.3. The van der Waals surface area contributed by atoms with E-state index in [-0.39, 0.29) is 0 Å². The lowest BCUT2D eigenvalue weighted by Crippen LogP contribution is -2.31. The van der Waals surface area contributed by atoms with Crippen molar-refractivity contribution < 1.29 is 5.11 Å². The zero-order chi connectivity index (χ0) is 13.9. The van der Waals surface area contributed by atoms with Crippen LogP contribution in [-0.4, -0.2) is 5.11 Å². The molecule has 106 valence electrons. The molecule has 0 bridgehead atoms. The van der Waals surface area contributed by atoms with E-state index < -0.39 is 5.60 Å². The van der Waals surface area contributed by atoms with E-state index in [1.54, 1.807) is 0 Å². The summed E-state index contributed by atoms with van der Waals surface area (Å²) >= 11 is 0. The third-order valence-electron chi connectivity index (χ3n) is 4.62. The van der Waals surface area contributed by atoms with Gasteiger partial charge in [0.2, 0.25) is 0 Å². The van der Waals surface area contributed by atoms with Crippen LogP contribution in [0.3, 0.4) is 0 Å². The lowest BCUT2D eigenvalue weighted by atomic mass is 9.74. The average Bonchev–Trinajstić information content (AvgIpc) is 2.39. The highest BCUT2D eigenvalue weighted by Crippen LogP contribution is 2.40. The number of hydrogen-bond donors (Lipinski definition) is 1. The molecule has 1 aromatic rings. The fourth-order valence-electron chi connectivity index (χ4n) is 3.31. The Labute approximate surface area is 118 Å². The molecule has 0 atom stereocenters. The van der Waals surface area contributed by atoms with Crippen LogP contribution in [0.2, 0.25) is 0 Å². The van der Waals surface area contributed by atoms with Gasteiger partial charge in [-0.15, -0.1) is 0 Å². The van der Waals surface area contributed by atoms with Crippen LogP contribution >= 0.6 is 0 Å². The van der Waals surface area contributed by atoms with Gasteiger partial charge in [0.15, 0.2) is 0 Å². The fraction of sp³-hybridized carbons (Fsp3) is 0.667. The van der Waals surface area contributed by atoms with Crippen LogP contribution in [0.15, 0.2) is 24.3 Å². The van der Waals surface area contributed by atoms with Crippen LogP contribution in [0.4, 0.5) is 0 Å². The molecular weight excluding hydrogens is 232 g/mol. The van der Waals surface area contributed by atoms with Gasteiger partial charge in [0, 0.05) is 0 Å². The fourth-order valence-corrected chi connectivity index (χ4v) is 3.31. The van der Waals surface area contributed by atoms with E-state index in [0.717, 1.165) is 30.7 Å². The van der Waals surface area contributed by atoms with E-state index in [1.807, 2.05) is 0 Å². The second-order valence-electron chi connectivity index (χ2n) is 6.68. The summed E-state index contributed by atoms with van der Waals surface area (Å²) in [6, 6.07) is 8.63. The molecular formula is C18H28O. The van der Waals surface area contributed by atoms with Crippen molar-refractivity contribution in [3.63, 3.8) is 0 Å². The highest BCUT2D eigenvalue weighted by molar-refractivity contribution is 5.29. The minimum atomic E-state index is -0.571. The second kappa shape index (κ2) is 6.09. The molecule has 19 heavy (non-hydrogen) atoms. The Kier molecular flexibility index (Phi) is 4.67. The number of hydrogen-bond acceptors (Lipinski definition) is 1. The van der Waals surface area contributed by atoms with Crippen molar-refractivity contribution in [1.82, 2.24) is 0 Å². The maximum atomic E-state index is 10.9. The first kappa shape index (κ1) is 14.6. The molecule has 1 aromatic carbocycles. The SMILES string of the molecule is CCC1CCC(O)(c2cccc(CC(C)C)c2)CC1. The first-order valence-electron chi connectivity index (χ1n) is 7.85. The second-order valence-corrected chi connectivity index (χ2v) is 6.68. The van der Waals surface area contributed by atoms with E-state index in [9.17, 15) is 5.11 Å². The topological polar surface area (TPSA) is 20.2 Å². The van der Waals surface area contributed by atoms with Crippen LogP contribution < -0.4 is 0 Å². The molecule has 0 heterocycles. The standard InChI is InChI=1S/C18H28O/c1-4-15-8-10-18(19,11-9-15)17-7-5-6-16(13-17)12-14(2)3/h5-7,13-15,19H,4,8-12H2,1-3H3. The van der Waals surface area contributed by atoms with Gasteiger partial charge in [-0.3, -0.25) is 0 Å². The van der Waals surface area contributed by atoms with E-state index in [2.05, 4.69) is 45.0 Å². The predicted molar refractivity (Wildman–Crippen MR) is 81.1 cm³/mol. The summed E-state index contributed by atoms with van der Waals surface area (Å²) < 4.78 is 0. The predicted octanol–water partition coefficient (Wildman–Crippen LogP) is 4.67. The first-order valence-corrected chi connectivity index (χ1v) is 7.85. The van der Waals surface area contributed by atoms with Crippen LogP contribution in [0, 0.1) is 11.8 Å². The smallest absolute Gasteiger partial charge is 0.0896 e. The lowest BCUT2D eigenvalue weighted by molar-refractivity contribution is -0.0146. The molecule has 0 aromatic heterocycles. The van der Waals surface area contributed by atoms with Gasteiger partial charge in [0.1, 0.15) is 0 Å². The summed E-state index contributed by atoms with van der Waals surface area (Å²) in [5, 5.41) is 10.9. The van der Waals surface area contributed by atoms with Crippen molar-refractivity contribution in [2.75, 3.05) is 0 Å². The van der Waals surface area contributed by atoms with E-state index in [4.69, 9.17) is 0 Å². The van der Waals surface area contributed by atoms with Crippen molar-refractivity contribution in [2.24, 2.45) is 11.8 Å². The van der Waals surface area contributed by atoms with Gasteiger partial charge in [-0.25, -0.2) is 0 Å². The van der Waals surface area contributed by atoms with Crippen molar-refractivity contribution in [3.05, 3.63) is 35.4 Å². The van der Waals surface area contributed by atoms with Gasteiger partial charge in [-0.1, -0.05) is 51.5 Å². The van der Waals surface area contributed by atoms with E-state index in [0.29, 0.717) is 5.92 Å². The zero-order valence-corrected chi connectivity index (χ0v) is 12.7. The molecule has 0 amide bonds. The van der Waals surface area contributed by atoms with Crippen molar-refractivity contribution in [3.8, 4) is 0 Å². The number of benzene rings is 1. The van der Waals surface area contributed by atoms with Gasteiger partial charge in [0.05, 0.1) is 5.60 Å². The van der Waals surface area contributed by atoms with Crippen LogP contribution in [-0.2, 0) is 12.0 Å². The van der Waals surface area contributed by atoms with Gasteiger partial charge < -0.3 is 5.11 Å². The molecule has 1 fully saturated rings. The zero-order valence-electron chi connectivity index (χ0n) is 12.7. The molecule has 2 rings (SSSR count). The highest BCUT2D eigenvalue weighted by Gasteiger charge is 2.34. The van der Waals surface area contributed by atoms with E-state index in [1.165, 1.54) is 24.8 Å². The Bertz CT molecular complexity index is 400. The third kappa shape index (κ3) is 3.60. The molecule has 1 aliphatic carbocycles. The molecule has 1 nitrogen and oxygen atoms in total. The summed E-state index contributed by atoms with van der Waals surface area (Å²) in [6.07, 6.45) is 6.54. The Hall–Kier alpha value is -0.820. The summed E-state index contributed by atoms with van der Waals surface area (Å²) in [4.78, 5) is 0. The van der Waals surface area contributed by atoms with E-state index >= 15 is 0 Å². The lowest BCUT2D eigenvalue weighted by Gasteiger charge is -2.36. The minimum absolute atomic E-state index is 0.571. The normalized spacial score (nSPS) is 27.7. The van der Waals surface area contributed by atoms with Crippen LogP contribution in [0.1, 0.15) is 64.0 Å². The van der Waals surface area contributed by atoms with Crippen molar-refractivity contribution in [2.45, 2.75) is 64.9 Å². The Morgan fingerprint density at radius 1 is 1.26 bits per heavy atom. The summed E-state index contributed by atoms with van der Waals surface area (Å²) in [6.45, 7) is 6.75. The molecule has 0 unspecified atom stereocenters. The summed E-state index contributed by atoms with van der Waals surface area (Å²) in [5.74, 6) is 1.49. The molecule has 1 saturated carbocycles. The van der Waals surface area contributed by atoms with Crippen LogP contribution in [0.5, 0.6) is 0 Å². The molecule has 0 spiro atoms. The Balaban J connectivity index is 2.12. The number of aliphatic hydroxyl groups is 1. The monoisotopic (exact) mass is 260 g/mol. The average molecular weight is 260 g/mol. The molecule has 1 aliphatic rings. The summed E-state index contributed by atoms with van der Waals surface area (Å²) in [7, 11) is 0. The third-order valence-corrected chi connectivity index (χ3v) is 4.62. The maximum Gasteiger partial charge on any atom is 0.0896 e. The van der Waals surface area contributed by atoms with Gasteiger partial charge in [0.25, 0.3) is 0 Å². The Morgan fingerprint density at radius 3 is 2.53 bits per heavy atom. The quantitative estimate of drug-likeness (QED) is 0.834. The van der Waals surface area contributed by atoms with Crippen LogP contribution in [0.25, 0.3) is 0 Å². The van der Waals surface area contributed by atoms with Gasteiger partial charge in [-0.05, 0) is 55.1 Å². The maximum absolute atomic E-state index is 10.9. The van der Waals surface area contributed by atoms with Crippen molar-refractivity contribution in [1.29, 1.82) is 0 Å². The largest absolute Gasteiger partial charge is 0.385 e. The minimum Gasteiger partial charge on any atom is -0.385 e. The molecule has 1 heteroatoms. The summed E-state index contributed by atoms with van der Waals surface area (Å²) in [5.41, 5.74) is 1.93. The first-order chi connectivity index (χ1) is 9.03. The molecule has 0 aliphatic heterocycles. The Morgan fingerprint density at radius 2 is 1.95 bits per heavy atom. The van der Waals surface area contributed by atoms with Crippen molar-refractivity contribution >= 4 is 0 Å². The van der Waals surface area contributed by atoms with Gasteiger partial charge in [-0.2, -0.15) is 0 Å². The number of rotatable bonds is 4. The molecule has 0 saturated heterocycles. The molecule has 1 N–H and O–H groups in total. The molecule has 0 radical (unpaired) electrons.